The van der Waals surface area contributed by atoms with Crippen LogP contribution in [0.4, 0.5) is 0 Å². The van der Waals surface area contributed by atoms with Gasteiger partial charge in [-0.15, -0.1) is 0 Å². The molecule has 3 unspecified atom stereocenters. The molecule has 0 amide bonds. The first-order valence-electron chi connectivity index (χ1n) is 5.53. The Labute approximate surface area is 92.2 Å². The number of nitriles is 1. The van der Waals surface area contributed by atoms with Crippen LogP contribution in [0.15, 0.2) is 0 Å². The van der Waals surface area contributed by atoms with Gasteiger partial charge in [-0.2, -0.15) is 5.26 Å². The molecule has 1 saturated heterocycles. The highest BCUT2D eigenvalue weighted by Gasteiger charge is 2.26. The standard InChI is InChI=1S/C11H21N3O/c1-9-4-5-14(8-11(9)15-3)7-10(6-12)13-2/h9-11,13H,4-5,7-8H2,1-3H3. The minimum Gasteiger partial charge on any atom is -0.380 e. The lowest BCUT2D eigenvalue weighted by Gasteiger charge is -2.36. The van der Waals surface area contributed by atoms with Crippen LogP contribution in [0, 0.1) is 17.2 Å². The van der Waals surface area contributed by atoms with Crippen molar-refractivity contribution in [3.63, 3.8) is 0 Å². The monoisotopic (exact) mass is 211 g/mol. The number of piperidine rings is 1. The zero-order valence-corrected chi connectivity index (χ0v) is 9.86. The number of methoxy groups -OCH3 is 1. The van der Waals surface area contributed by atoms with Gasteiger partial charge in [0.15, 0.2) is 0 Å². The molecule has 0 radical (unpaired) electrons. The summed E-state index contributed by atoms with van der Waals surface area (Å²) in [5.41, 5.74) is 0. The lowest BCUT2D eigenvalue weighted by atomic mass is 9.95. The van der Waals surface area contributed by atoms with Crippen LogP contribution >= 0.6 is 0 Å². The van der Waals surface area contributed by atoms with E-state index in [-0.39, 0.29) is 6.04 Å². The normalized spacial score (nSPS) is 29.7. The third-order valence-electron chi connectivity index (χ3n) is 3.22. The number of hydrogen-bond acceptors (Lipinski definition) is 4. The number of likely N-dealkylation sites (tertiary alicyclic amines) is 1. The van der Waals surface area contributed by atoms with Gasteiger partial charge in [0.25, 0.3) is 0 Å². The molecular weight excluding hydrogens is 190 g/mol. The second kappa shape index (κ2) is 6.06. The maximum absolute atomic E-state index is 8.86. The Morgan fingerprint density at radius 1 is 1.67 bits per heavy atom. The highest BCUT2D eigenvalue weighted by Crippen LogP contribution is 2.19. The molecule has 0 spiro atoms. The van der Waals surface area contributed by atoms with E-state index in [0.717, 1.165) is 26.1 Å². The summed E-state index contributed by atoms with van der Waals surface area (Å²) in [6.45, 7) is 5.03. The van der Waals surface area contributed by atoms with Crippen molar-refractivity contribution in [2.45, 2.75) is 25.5 Å². The predicted octanol–water partition coefficient (Wildman–Crippen LogP) is 0.455. The van der Waals surface area contributed by atoms with Crippen molar-refractivity contribution in [3.05, 3.63) is 0 Å². The lowest BCUT2D eigenvalue weighted by Crippen LogP contribution is -2.48. The summed E-state index contributed by atoms with van der Waals surface area (Å²) in [5.74, 6) is 0.626. The number of rotatable bonds is 4. The third-order valence-corrected chi connectivity index (χ3v) is 3.22. The molecule has 1 aliphatic rings. The summed E-state index contributed by atoms with van der Waals surface area (Å²) in [6, 6.07) is 2.18. The van der Waals surface area contributed by atoms with Crippen LogP contribution in [0.25, 0.3) is 0 Å². The van der Waals surface area contributed by atoms with Gasteiger partial charge in [0.05, 0.1) is 12.2 Å². The number of ether oxygens (including phenoxy) is 1. The summed E-state index contributed by atoms with van der Waals surface area (Å²) >= 11 is 0. The van der Waals surface area contributed by atoms with Gasteiger partial charge < -0.3 is 10.1 Å². The quantitative estimate of drug-likeness (QED) is 0.733. The highest BCUT2D eigenvalue weighted by molar-refractivity contribution is 4.92. The van der Waals surface area contributed by atoms with E-state index in [1.54, 1.807) is 7.11 Å². The van der Waals surface area contributed by atoms with Gasteiger partial charge in [-0.25, -0.2) is 0 Å². The molecule has 15 heavy (non-hydrogen) atoms. The van der Waals surface area contributed by atoms with Gasteiger partial charge in [0, 0.05) is 20.2 Å². The summed E-state index contributed by atoms with van der Waals surface area (Å²) in [4.78, 5) is 2.30. The van der Waals surface area contributed by atoms with Crippen LogP contribution in [-0.4, -0.2) is 50.8 Å². The summed E-state index contributed by atoms with van der Waals surface area (Å²) < 4.78 is 5.44. The second-order valence-corrected chi connectivity index (χ2v) is 4.27. The Bertz CT molecular complexity index is 226. The van der Waals surface area contributed by atoms with Crippen molar-refractivity contribution >= 4 is 0 Å². The summed E-state index contributed by atoms with van der Waals surface area (Å²) in [6.07, 6.45) is 1.47. The minimum atomic E-state index is -0.0732. The first kappa shape index (κ1) is 12.4. The fourth-order valence-electron chi connectivity index (χ4n) is 2.03. The van der Waals surface area contributed by atoms with Crippen LogP contribution in [-0.2, 0) is 4.74 Å². The van der Waals surface area contributed by atoms with Gasteiger partial charge in [-0.05, 0) is 25.9 Å². The van der Waals surface area contributed by atoms with Crippen molar-refractivity contribution < 1.29 is 4.74 Å². The van der Waals surface area contributed by atoms with E-state index < -0.39 is 0 Å². The molecule has 1 heterocycles. The van der Waals surface area contributed by atoms with Crippen LogP contribution in [0.1, 0.15) is 13.3 Å². The van der Waals surface area contributed by atoms with Crippen molar-refractivity contribution in [2.75, 3.05) is 33.8 Å². The predicted molar refractivity (Wildman–Crippen MR) is 59.5 cm³/mol. The van der Waals surface area contributed by atoms with E-state index in [0.29, 0.717) is 12.0 Å². The van der Waals surface area contributed by atoms with Gasteiger partial charge in [-0.1, -0.05) is 6.92 Å². The molecule has 1 N–H and O–H groups in total. The van der Waals surface area contributed by atoms with E-state index in [1.165, 1.54) is 0 Å². The largest absolute Gasteiger partial charge is 0.380 e. The molecular formula is C11H21N3O. The molecule has 0 aromatic carbocycles. The zero-order chi connectivity index (χ0) is 11.3. The van der Waals surface area contributed by atoms with Crippen LogP contribution in [0.5, 0.6) is 0 Å². The molecule has 1 rings (SSSR count). The maximum atomic E-state index is 8.86. The fraction of sp³-hybridized carbons (Fsp3) is 0.909. The number of likely N-dealkylation sites (N-methyl/N-ethyl adjacent to an activating group) is 1. The maximum Gasteiger partial charge on any atom is 0.108 e. The number of nitrogens with zero attached hydrogens (tertiary/aromatic N) is 2. The van der Waals surface area contributed by atoms with Crippen molar-refractivity contribution in [1.29, 1.82) is 5.26 Å². The molecule has 3 atom stereocenters. The zero-order valence-electron chi connectivity index (χ0n) is 9.86. The first-order chi connectivity index (χ1) is 7.21. The van der Waals surface area contributed by atoms with Crippen molar-refractivity contribution in [1.82, 2.24) is 10.2 Å². The smallest absolute Gasteiger partial charge is 0.108 e. The SMILES string of the molecule is CNC(C#N)CN1CCC(C)C(OC)C1. The molecule has 0 saturated carbocycles. The van der Waals surface area contributed by atoms with Gasteiger partial charge in [0.2, 0.25) is 0 Å². The Hall–Kier alpha value is -0.630. The average Bonchev–Trinajstić information content (AvgIpc) is 2.28. The second-order valence-electron chi connectivity index (χ2n) is 4.27. The topological polar surface area (TPSA) is 48.3 Å². The number of hydrogen-bond donors (Lipinski definition) is 1. The number of nitrogens with one attached hydrogen (secondary N) is 1. The molecule has 1 fully saturated rings. The fourth-order valence-corrected chi connectivity index (χ4v) is 2.03. The molecule has 0 aliphatic carbocycles. The van der Waals surface area contributed by atoms with Gasteiger partial charge in [-0.3, -0.25) is 4.90 Å². The first-order valence-corrected chi connectivity index (χ1v) is 5.53. The minimum absolute atomic E-state index is 0.0732. The van der Waals surface area contributed by atoms with E-state index in [9.17, 15) is 0 Å². The Morgan fingerprint density at radius 2 is 2.40 bits per heavy atom. The van der Waals surface area contributed by atoms with Crippen molar-refractivity contribution in [2.24, 2.45) is 5.92 Å². The molecule has 0 bridgehead atoms. The van der Waals surface area contributed by atoms with E-state index in [1.807, 2.05) is 7.05 Å². The molecule has 4 heteroatoms. The highest BCUT2D eigenvalue weighted by atomic mass is 16.5. The van der Waals surface area contributed by atoms with Crippen molar-refractivity contribution in [3.8, 4) is 6.07 Å². The molecule has 0 aromatic heterocycles. The average molecular weight is 211 g/mol. The van der Waals surface area contributed by atoms with Crippen LogP contribution < -0.4 is 5.32 Å². The van der Waals surface area contributed by atoms with Crippen LogP contribution in [0.3, 0.4) is 0 Å². The third kappa shape index (κ3) is 3.45. The summed E-state index contributed by atoms with van der Waals surface area (Å²) in [7, 11) is 3.60. The molecule has 4 nitrogen and oxygen atoms in total. The lowest BCUT2D eigenvalue weighted by molar-refractivity contribution is -0.00581. The van der Waals surface area contributed by atoms with Gasteiger partial charge >= 0.3 is 0 Å². The Kier molecular flexibility index (Phi) is 5.03. The van der Waals surface area contributed by atoms with Crippen LogP contribution in [0.2, 0.25) is 0 Å². The Balaban J connectivity index is 2.41. The van der Waals surface area contributed by atoms with E-state index in [2.05, 4.69) is 23.2 Å². The molecule has 86 valence electrons. The van der Waals surface area contributed by atoms with E-state index in [4.69, 9.17) is 10.00 Å². The molecule has 1 aliphatic heterocycles. The van der Waals surface area contributed by atoms with E-state index >= 15 is 0 Å². The molecule has 0 aromatic rings. The van der Waals surface area contributed by atoms with Gasteiger partial charge in [0.1, 0.15) is 6.04 Å². The Morgan fingerprint density at radius 3 is 2.93 bits per heavy atom. The summed E-state index contributed by atoms with van der Waals surface area (Å²) in [5, 5.41) is 11.9.